The molecule has 2 N–H and O–H groups in total. The first-order chi connectivity index (χ1) is 11.9. The average Bonchev–Trinajstić information content (AvgIpc) is 2.59. The van der Waals surface area contributed by atoms with E-state index in [0.717, 1.165) is 24.4 Å². The van der Waals surface area contributed by atoms with Gasteiger partial charge in [-0.2, -0.15) is 0 Å². The fourth-order valence-electron chi connectivity index (χ4n) is 1.95. The van der Waals surface area contributed by atoms with E-state index in [1.807, 2.05) is 13.1 Å². The van der Waals surface area contributed by atoms with Crippen LogP contribution in [0.2, 0.25) is 0 Å². The minimum absolute atomic E-state index is 0.152. The summed E-state index contributed by atoms with van der Waals surface area (Å²) in [7, 11) is 0. The third kappa shape index (κ3) is 6.79. The highest BCUT2D eigenvalue weighted by Gasteiger charge is 2.10. The molecule has 1 aromatic carbocycles. The van der Waals surface area contributed by atoms with E-state index in [1.54, 1.807) is 6.07 Å². The summed E-state index contributed by atoms with van der Waals surface area (Å²) in [4.78, 5) is 19.3. The minimum Gasteiger partial charge on any atom is -0.487 e. The van der Waals surface area contributed by atoms with Crippen LogP contribution in [0.3, 0.4) is 0 Å². The summed E-state index contributed by atoms with van der Waals surface area (Å²) in [5.41, 5.74) is 1.62. The summed E-state index contributed by atoms with van der Waals surface area (Å²) in [5.74, 6) is 0.636. The Morgan fingerprint density at radius 2 is 2.16 bits per heavy atom. The van der Waals surface area contributed by atoms with Crippen molar-refractivity contribution in [1.82, 2.24) is 5.32 Å². The predicted molar refractivity (Wildman–Crippen MR) is 102 cm³/mol. The number of carbonyl (C=O) groups is 1. The Hall–Kier alpha value is -2.63. The monoisotopic (exact) mass is 345 g/mol. The number of aliphatic imine (C=N–C) groups is 2. The average molecular weight is 345 g/mol. The molecule has 136 valence electrons. The maximum atomic E-state index is 11.0. The van der Waals surface area contributed by atoms with Gasteiger partial charge in [0.1, 0.15) is 18.0 Å². The molecule has 6 heteroatoms. The van der Waals surface area contributed by atoms with Gasteiger partial charge in [0.15, 0.2) is 0 Å². The first-order valence-electron chi connectivity index (χ1n) is 8.32. The molecule has 1 rings (SSSR count). The van der Waals surface area contributed by atoms with Gasteiger partial charge in [-0.05, 0) is 49.8 Å². The number of nitrogens with zero attached hydrogens (tertiary/aromatic N) is 2. The second kappa shape index (κ2) is 10.3. The Morgan fingerprint density at radius 3 is 2.72 bits per heavy atom. The SMILES string of the molecule is C=Nc1cc(C(=O)O)ccc1OC/C(=C/NC(C)=NCCC)C(C)C. The van der Waals surface area contributed by atoms with Crippen LogP contribution in [0.15, 0.2) is 40.0 Å². The number of ether oxygens (including phenoxy) is 1. The highest BCUT2D eigenvalue weighted by molar-refractivity contribution is 5.89. The number of hydrogen-bond acceptors (Lipinski definition) is 4. The van der Waals surface area contributed by atoms with Crippen LogP contribution in [-0.4, -0.2) is 36.8 Å². The van der Waals surface area contributed by atoms with Crippen molar-refractivity contribution in [3.8, 4) is 5.75 Å². The van der Waals surface area contributed by atoms with Gasteiger partial charge in [0.05, 0.1) is 11.4 Å². The number of aromatic carboxylic acids is 1. The third-order valence-electron chi connectivity index (χ3n) is 3.55. The van der Waals surface area contributed by atoms with Gasteiger partial charge in [-0.3, -0.25) is 9.98 Å². The highest BCUT2D eigenvalue weighted by Crippen LogP contribution is 2.29. The van der Waals surface area contributed by atoms with Crippen LogP contribution in [0.5, 0.6) is 5.75 Å². The lowest BCUT2D eigenvalue weighted by Gasteiger charge is -2.15. The normalized spacial score (nSPS) is 12.2. The van der Waals surface area contributed by atoms with Gasteiger partial charge in [0.25, 0.3) is 0 Å². The maximum Gasteiger partial charge on any atom is 0.335 e. The predicted octanol–water partition coefficient (Wildman–Crippen LogP) is 4.05. The standard InChI is InChI=1S/C19H27N3O3/c1-6-9-21-14(4)22-11-16(13(2)3)12-25-18-8-7-15(19(23)24)10-17(18)20-5/h7-8,10-11,13H,5-6,9,12H2,1-4H3,(H,21,22)(H,23,24)/b16-11-. The molecule has 0 radical (unpaired) electrons. The van der Waals surface area contributed by atoms with E-state index < -0.39 is 5.97 Å². The number of carboxylic acid groups (broad SMARTS) is 1. The Kier molecular flexibility index (Phi) is 8.39. The van der Waals surface area contributed by atoms with Crippen LogP contribution >= 0.6 is 0 Å². The summed E-state index contributed by atoms with van der Waals surface area (Å²) >= 11 is 0. The van der Waals surface area contributed by atoms with E-state index in [1.165, 1.54) is 12.1 Å². The lowest BCUT2D eigenvalue weighted by atomic mass is 10.1. The van der Waals surface area contributed by atoms with Crippen molar-refractivity contribution < 1.29 is 14.6 Å². The van der Waals surface area contributed by atoms with Crippen LogP contribution in [0.1, 0.15) is 44.5 Å². The van der Waals surface area contributed by atoms with Crippen molar-refractivity contribution >= 4 is 24.2 Å². The van der Waals surface area contributed by atoms with E-state index in [4.69, 9.17) is 9.84 Å². The molecule has 0 aromatic heterocycles. The smallest absolute Gasteiger partial charge is 0.335 e. The van der Waals surface area contributed by atoms with Crippen molar-refractivity contribution in [2.75, 3.05) is 13.2 Å². The summed E-state index contributed by atoms with van der Waals surface area (Å²) in [5, 5.41) is 12.2. The van der Waals surface area contributed by atoms with Crippen molar-refractivity contribution in [3.63, 3.8) is 0 Å². The topological polar surface area (TPSA) is 83.3 Å². The molecular weight excluding hydrogens is 318 g/mol. The number of amidine groups is 1. The molecule has 0 aliphatic carbocycles. The molecule has 6 nitrogen and oxygen atoms in total. The van der Waals surface area contributed by atoms with Crippen LogP contribution in [-0.2, 0) is 0 Å². The van der Waals surface area contributed by atoms with E-state index in [0.29, 0.717) is 18.0 Å². The van der Waals surface area contributed by atoms with Crippen LogP contribution in [0.25, 0.3) is 0 Å². The molecule has 0 atom stereocenters. The van der Waals surface area contributed by atoms with Gasteiger partial charge in [0.2, 0.25) is 0 Å². The third-order valence-corrected chi connectivity index (χ3v) is 3.55. The number of hydrogen-bond donors (Lipinski definition) is 2. The van der Waals surface area contributed by atoms with E-state index in [-0.39, 0.29) is 11.5 Å². The fraction of sp³-hybridized carbons (Fsp3) is 0.421. The Labute approximate surface area is 149 Å². The Bertz CT molecular complexity index is 664. The van der Waals surface area contributed by atoms with Gasteiger partial charge in [-0.1, -0.05) is 20.8 Å². The second-order valence-corrected chi connectivity index (χ2v) is 5.92. The zero-order chi connectivity index (χ0) is 18.8. The first-order valence-corrected chi connectivity index (χ1v) is 8.32. The molecule has 0 aliphatic heterocycles. The van der Waals surface area contributed by atoms with Crippen LogP contribution in [0, 0.1) is 5.92 Å². The summed E-state index contributed by atoms with van der Waals surface area (Å²) in [6.07, 6.45) is 2.92. The zero-order valence-corrected chi connectivity index (χ0v) is 15.4. The second-order valence-electron chi connectivity index (χ2n) is 5.92. The van der Waals surface area contributed by atoms with Crippen molar-refractivity contribution in [1.29, 1.82) is 0 Å². The quantitative estimate of drug-likeness (QED) is 0.522. The molecule has 0 saturated carbocycles. The molecule has 25 heavy (non-hydrogen) atoms. The number of nitrogens with one attached hydrogen (secondary N) is 1. The van der Waals surface area contributed by atoms with Crippen LogP contribution < -0.4 is 10.1 Å². The zero-order valence-electron chi connectivity index (χ0n) is 15.4. The van der Waals surface area contributed by atoms with Crippen LogP contribution in [0.4, 0.5) is 5.69 Å². The molecule has 0 heterocycles. The molecule has 0 bridgehead atoms. The first kappa shape index (κ1) is 20.4. The maximum absolute atomic E-state index is 11.0. The molecule has 1 aromatic rings. The van der Waals surface area contributed by atoms with Crippen molar-refractivity contribution in [3.05, 3.63) is 35.5 Å². The lowest BCUT2D eigenvalue weighted by Crippen LogP contribution is -2.18. The summed E-state index contributed by atoms with van der Waals surface area (Å²) in [6.45, 7) is 12.8. The highest BCUT2D eigenvalue weighted by atomic mass is 16.5. The number of benzene rings is 1. The van der Waals surface area contributed by atoms with Gasteiger partial charge >= 0.3 is 5.97 Å². The van der Waals surface area contributed by atoms with E-state index in [9.17, 15) is 4.79 Å². The van der Waals surface area contributed by atoms with Crippen molar-refractivity contribution in [2.24, 2.45) is 15.9 Å². The lowest BCUT2D eigenvalue weighted by molar-refractivity contribution is 0.0697. The van der Waals surface area contributed by atoms with Gasteiger partial charge in [-0.15, -0.1) is 0 Å². The fourth-order valence-corrected chi connectivity index (χ4v) is 1.95. The molecule has 0 spiro atoms. The molecule has 0 aliphatic rings. The summed E-state index contributed by atoms with van der Waals surface area (Å²) in [6, 6.07) is 4.54. The minimum atomic E-state index is -1.01. The van der Waals surface area contributed by atoms with E-state index >= 15 is 0 Å². The van der Waals surface area contributed by atoms with Gasteiger partial charge in [0, 0.05) is 12.7 Å². The van der Waals surface area contributed by atoms with E-state index in [2.05, 4.69) is 42.8 Å². The van der Waals surface area contributed by atoms with Gasteiger partial charge in [-0.25, -0.2) is 4.79 Å². The Balaban J connectivity index is 2.84. The molecule has 0 unspecified atom stereocenters. The molecule has 0 saturated heterocycles. The molecule has 0 amide bonds. The Morgan fingerprint density at radius 1 is 1.44 bits per heavy atom. The summed E-state index contributed by atoms with van der Waals surface area (Å²) < 4.78 is 5.82. The molecule has 0 fully saturated rings. The largest absolute Gasteiger partial charge is 0.487 e. The van der Waals surface area contributed by atoms with Crippen molar-refractivity contribution in [2.45, 2.75) is 34.1 Å². The molecular formula is C19H27N3O3. The van der Waals surface area contributed by atoms with Gasteiger partial charge < -0.3 is 15.2 Å². The number of carboxylic acids is 1. The number of rotatable bonds is 9.